The predicted octanol–water partition coefficient (Wildman–Crippen LogP) is 7.95. The van der Waals surface area contributed by atoms with Crippen LogP contribution in [0.25, 0.3) is 43.5 Å². The molecule has 0 unspecified atom stereocenters. The van der Waals surface area contributed by atoms with Gasteiger partial charge in [0.05, 0.1) is 1.37 Å². The van der Waals surface area contributed by atoms with Crippen LogP contribution in [-0.4, -0.2) is 8.07 Å². The molecule has 0 amide bonds. The monoisotopic (exact) mass is 551 g/mol. The van der Waals surface area contributed by atoms with Crippen molar-refractivity contribution in [2.24, 2.45) is 0 Å². The van der Waals surface area contributed by atoms with Crippen molar-refractivity contribution in [3.05, 3.63) is 163 Å². The van der Waals surface area contributed by atoms with Crippen LogP contribution in [0.3, 0.4) is 0 Å². The molecule has 1 nitrogen and oxygen atoms in total. The molecule has 0 radical (unpaired) electrons. The Morgan fingerprint density at radius 1 is 0.500 bits per heavy atom. The quantitative estimate of drug-likeness (QED) is 0.0940. The van der Waals surface area contributed by atoms with Crippen molar-refractivity contribution in [3.8, 4) is 11.5 Å². The number of fused-ring (bicyclic) bond motifs is 5. The first-order chi connectivity index (χ1) is 21.3. The maximum Gasteiger partial charge on any atom is 0.233 e. The first-order valence-electron chi connectivity index (χ1n) is 14.7. The van der Waals surface area contributed by atoms with Gasteiger partial charge in [0.2, 0.25) is 8.07 Å². The van der Waals surface area contributed by atoms with Gasteiger partial charge in [0.15, 0.2) is 0 Å². The van der Waals surface area contributed by atoms with Gasteiger partial charge in [-0.25, -0.2) is 0 Å². The molecule has 0 aliphatic carbocycles. The second-order valence-electron chi connectivity index (χ2n) is 10.6. The van der Waals surface area contributed by atoms with Crippen molar-refractivity contribution >= 4 is 67.1 Å². The van der Waals surface area contributed by atoms with E-state index in [1.807, 2.05) is 48.5 Å². The molecule has 0 saturated carbocycles. The minimum absolute atomic E-state index is 0.540. The third-order valence-corrected chi connectivity index (χ3v) is 12.4. The van der Waals surface area contributed by atoms with Gasteiger partial charge in [-0.2, -0.15) is 0 Å². The predicted molar refractivity (Wildman–Crippen MR) is 180 cm³/mol. The topological polar surface area (TPSA) is 13.1 Å². The van der Waals surface area contributed by atoms with Crippen molar-refractivity contribution in [2.45, 2.75) is 0 Å². The van der Waals surface area contributed by atoms with Crippen LogP contribution in [0.4, 0.5) is 0 Å². The maximum absolute atomic E-state index is 8.98. The highest BCUT2D eigenvalue weighted by molar-refractivity contribution is 7.17. The van der Waals surface area contributed by atoms with E-state index < -0.39 is 8.07 Å². The summed E-state index contributed by atoms with van der Waals surface area (Å²) in [6.45, 7) is 0. The molecule has 0 aliphatic rings. The van der Waals surface area contributed by atoms with E-state index >= 15 is 0 Å². The SMILES string of the molecule is [2H]c1c2ccccc2c(C#C[Si](c2ccccc2)(c2ccccc2)c2cccc3c2oc2ccccc23)c2ccccc12. The minimum atomic E-state index is -3.02. The number of rotatable bonds is 3. The highest BCUT2D eigenvalue weighted by Crippen LogP contribution is 2.30. The molecule has 42 heavy (non-hydrogen) atoms. The van der Waals surface area contributed by atoms with Crippen molar-refractivity contribution in [1.29, 1.82) is 0 Å². The Kier molecular flexibility index (Phi) is 5.52. The fourth-order valence-corrected chi connectivity index (χ4v) is 10.3. The first kappa shape index (κ1) is 23.4. The van der Waals surface area contributed by atoms with Gasteiger partial charge in [0, 0.05) is 21.5 Å². The van der Waals surface area contributed by atoms with Gasteiger partial charge >= 0.3 is 0 Å². The molecule has 8 rings (SSSR count). The average Bonchev–Trinajstić information content (AvgIpc) is 3.47. The average molecular weight is 552 g/mol. The molecule has 0 saturated heterocycles. The zero-order valence-corrected chi connectivity index (χ0v) is 23.8. The Bertz CT molecular complexity index is 2270. The first-order valence-corrected chi connectivity index (χ1v) is 16.2. The number of para-hydroxylation sites is 2. The Morgan fingerprint density at radius 2 is 1.02 bits per heavy atom. The summed E-state index contributed by atoms with van der Waals surface area (Å²) in [4.78, 5) is 0. The standard InChI is InChI=1S/C40H26OSi/c1-3-16-31(17-4-1)42(32-18-5-2-6-19-32,39-25-13-23-37-36-22-11-12-24-38(36)41-40(37)39)27-26-35-33-20-9-7-14-29(33)28-30-15-8-10-21-34(30)35/h1-25,28H/i28D. The lowest BCUT2D eigenvalue weighted by atomic mass is 9.97. The van der Waals surface area contributed by atoms with Crippen LogP contribution in [0.1, 0.15) is 6.93 Å². The lowest BCUT2D eigenvalue weighted by Gasteiger charge is -2.28. The Labute approximate surface area is 247 Å². The van der Waals surface area contributed by atoms with Gasteiger partial charge in [-0.15, -0.1) is 5.54 Å². The fraction of sp³-hybridized carbons (Fsp3) is 0. The third-order valence-electron chi connectivity index (χ3n) is 8.26. The van der Waals surface area contributed by atoms with Crippen LogP contribution in [0.5, 0.6) is 0 Å². The molecular weight excluding hydrogens is 525 g/mol. The highest BCUT2D eigenvalue weighted by Gasteiger charge is 2.41. The molecule has 8 aromatic rings. The molecule has 0 N–H and O–H groups in total. The van der Waals surface area contributed by atoms with Crippen LogP contribution >= 0.6 is 0 Å². The zero-order chi connectivity index (χ0) is 28.8. The molecule has 0 fully saturated rings. The molecule has 196 valence electrons. The van der Waals surface area contributed by atoms with Gasteiger partial charge in [0.25, 0.3) is 0 Å². The maximum atomic E-state index is 8.98. The van der Waals surface area contributed by atoms with Crippen LogP contribution < -0.4 is 15.6 Å². The van der Waals surface area contributed by atoms with Gasteiger partial charge in [-0.05, 0) is 44.0 Å². The summed E-state index contributed by atoms with van der Waals surface area (Å²) in [6.07, 6.45) is 0. The van der Waals surface area contributed by atoms with E-state index in [1.165, 1.54) is 10.4 Å². The fourth-order valence-electron chi connectivity index (χ4n) is 6.31. The summed E-state index contributed by atoms with van der Waals surface area (Å²) in [5.74, 6) is 3.78. The van der Waals surface area contributed by atoms with E-state index in [2.05, 4.69) is 115 Å². The van der Waals surface area contributed by atoms with E-state index in [4.69, 9.17) is 5.79 Å². The molecule has 0 atom stereocenters. The zero-order valence-electron chi connectivity index (χ0n) is 23.8. The largest absolute Gasteiger partial charge is 0.456 e. The van der Waals surface area contributed by atoms with Crippen LogP contribution in [0.2, 0.25) is 0 Å². The van der Waals surface area contributed by atoms with E-state index in [1.54, 1.807) is 0 Å². The summed E-state index contributed by atoms with van der Waals surface area (Å²) in [6, 6.07) is 53.1. The Hall–Kier alpha value is -5.36. The Morgan fingerprint density at radius 3 is 1.67 bits per heavy atom. The number of furan rings is 1. The third kappa shape index (κ3) is 3.79. The molecule has 0 aliphatic heterocycles. The van der Waals surface area contributed by atoms with E-state index in [-0.39, 0.29) is 0 Å². The molecule has 1 aromatic heterocycles. The van der Waals surface area contributed by atoms with Gasteiger partial charge in [-0.3, -0.25) is 0 Å². The van der Waals surface area contributed by atoms with Gasteiger partial charge in [0.1, 0.15) is 11.2 Å². The smallest absolute Gasteiger partial charge is 0.233 e. The van der Waals surface area contributed by atoms with Crippen LogP contribution in [0.15, 0.2) is 162 Å². The van der Waals surface area contributed by atoms with Crippen molar-refractivity contribution in [2.75, 3.05) is 0 Å². The number of hydrogen-bond acceptors (Lipinski definition) is 1. The molecule has 0 spiro atoms. The van der Waals surface area contributed by atoms with Crippen molar-refractivity contribution in [1.82, 2.24) is 0 Å². The molecular formula is C40H26OSi. The van der Waals surface area contributed by atoms with Crippen molar-refractivity contribution in [3.63, 3.8) is 0 Å². The van der Waals surface area contributed by atoms with Crippen molar-refractivity contribution < 1.29 is 5.79 Å². The van der Waals surface area contributed by atoms with E-state index in [0.29, 0.717) is 6.04 Å². The lowest BCUT2D eigenvalue weighted by molar-refractivity contribution is 0.671. The summed E-state index contributed by atoms with van der Waals surface area (Å²) < 4.78 is 15.7. The van der Waals surface area contributed by atoms with Gasteiger partial charge in [-0.1, -0.05) is 152 Å². The molecule has 1 heterocycles. The summed E-state index contributed by atoms with van der Waals surface area (Å²) in [5, 5.41) is 9.59. The minimum Gasteiger partial charge on any atom is -0.456 e. The summed E-state index contributed by atoms with van der Waals surface area (Å²) in [5.41, 5.74) is 6.74. The summed E-state index contributed by atoms with van der Waals surface area (Å²) >= 11 is 0. The molecule has 0 bridgehead atoms. The van der Waals surface area contributed by atoms with Crippen LogP contribution in [-0.2, 0) is 0 Å². The van der Waals surface area contributed by atoms with Gasteiger partial charge < -0.3 is 4.42 Å². The molecule has 7 aromatic carbocycles. The highest BCUT2D eigenvalue weighted by atomic mass is 28.3. The number of hydrogen-bond donors (Lipinski definition) is 0. The second-order valence-corrected chi connectivity index (χ2v) is 14.0. The molecule has 2 heteroatoms. The van der Waals surface area contributed by atoms with E-state index in [9.17, 15) is 0 Å². The number of benzene rings is 7. The lowest BCUT2D eigenvalue weighted by Crippen LogP contribution is -2.66. The van der Waals surface area contributed by atoms with Crippen LogP contribution in [0, 0.1) is 11.5 Å². The summed E-state index contributed by atoms with van der Waals surface area (Å²) in [7, 11) is -3.02. The second kappa shape index (κ2) is 9.92. The normalized spacial score (nSPS) is 12.0. The Balaban J connectivity index is 1.54. The van der Waals surface area contributed by atoms with E-state index in [0.717, 1.165) is 54.2 Å².